The van der Waals surface area contributed by atoms with Crippen LogP contribution in [0.15, 0.2) is 36.4 Å². The van der Waals surface area contributed by atoms with Crippen molar-refractivity contribution in [3.63, 3.8) is 0 Å². The molecule has 4 nitrogen and oxygen atoms in total. The van der Waals surface area contributed by atoms with E-state index in [1.54, 1.807) is 36.4 Å². The average Bonchev–Trinajstić information content (AvgIpc) is 3.29. The second-order valence-corrected chi connectivity index (χ2v) is 6.06. The smallest absolute Gasteiger partial charge is 0.251 e. The summed E-state index contributed by atoms with van der Waals surface area (Å²) in [5.41, 5.74) is 8.38. The summed E-state index contributed by atoms with van der Waals surface area (Å²) in [7, 11) is 0. The predicted molar refractivity (Wildman–Crippen MR) is 91.1 cm³/mol. The van der Waals surface area contributed by atoms with E-state index in [0.29, 0.717) is 38.7 Å². The van der Waals surface area contributed by atoms with Gasteiger partial charge in [-0.05, 0) is 43.2 Å². The van der Waals surface area contributed by atoms with Gasteiger partial charge in [-0.1, -0.05) is 29.3 Å². The largest absolute Gasteiger partial charge is 0.397 e. The van der Waals surface area contributed by atoms with Crippen molar-refractivity contribution in [1.82, 2.24) is 5.32 Å². The molecule has 4 N–H and O–H groups in total. The summed E-state index contributed by atoms with van der Waals surface area (Å²) >= 11 is 12.1. The van der Waals surface area contributed by atoms with Crippen LogP contribution in [0, 0.1) is 0 Å². The van der Waals surface area contributed by atoms with Gasteiger partial charge < -0.3 is 16.4 Å². The Kier molecular flexibility index (Phi) is 4.14. The van der Waals surface area contributed by atoms with E-state index < -0.39 is 0 Å². The molecule has 22 heavy (non-hydrogen) atoms. The van der Waals surface area contributed by atoms with Gasteiger partial charge in [-0.2, -0.15) is 0 Å². The minimum absolute atomic E-state index is 0.0958. The number of anilines is 3. The Bertz CT molecular complexity index is 729. The van der Waals surface area contributed by atoms with Crippen LogP contribution in [-0.2, 0) is 0 Å². The van der Waals surface area contributed by atoms with Crippen molar-refractivity contribution in [2.75, 3.05) is 11.1 Å². The van der Waals surface area contributed by atoms with Crippen LogP contribution < -0.4 is 16.4 Å². The van der Waals surface area contributed by atoms with Crippen LogP contribution in [0.2, 0.25) is 10.0 Å². The number of halogens is 2. The first-order valence-electron chi connectivity index (χ1n) is 6.96. The Morgan fingerprint density at radius 2 is 1.91 bits per heavy atom. The highest BCUT2D eigenvalue weighted by Crippen LogP contribution is 2.33. The first kappa shape index (κ1) is 15.0. The van der Waals surface area contributed by atoms with Gasteiger partial charge in [-0.3, -0.25) is 4.79 Å². The molecule has 0 radical (unpaired) electrons. The molecule has 1 saturated carbocycles. The van der Waals surface area contributed by atoms with Crippen LogP contribution in [0.25, 0.3) is 0 Å². The SMILES string of the molecule is Nc1cc(C(=O)NC2CC2)ccc1Nc1cccc(Cl)c1Cl. The van der Waals surface area contributed by atoms with Crippen molar-refractivity contribution in [2.24, 2.45) is 0 Å². The van der Waals surface area contributed by atoms with E-state index in [4.69, 9.17) is 28.9 Å². The normalized spacial score (nSPS) is 13.7. The zero-order chi connectivity index (χ0) is 15.7. The van der Waals surface area contributed by atoms with E-state index in [1.165, 1.54) is 0 Å². The number of amides is 1. The van der Waals surface area contributed by atoms with Crippen LogP contribution in [0.5, 0.6) is 0 Å². The molecule has 114 valence electrons. The van der Waals surface area contributed by atoms with E-state index in [2.05, 4.69) is 10.6 Å². The molecule has 2 aromatic carbocycles. The Morgan fingerprint density at radius 1 is 1.14 bits per heavy atom. The molecular formula is C16H15Cl2N3O. The molecule has 0 bridgehead atoms. The number of nitrogen functional groups attached to an aromatic ring is 1. The molecule has 0 atom stereocenters. The fourth-order valence-corrected chi connectivity index (χ4v) is 2.41. The first-order valence-corrected chi connectivity index (χ1v) is 7.71. The third kappa shape index (κ3) is 3.29. The number of nitrogens with two attached hydrogens (primary N) is 1. The lowest BCUT2D eigenvalue weighted by Crippen LogP contribution is -2.25. The topological polar surface area (TPSA) is 67.2 Å². The quantitative estimate of drug-likeness (QED) is 0.733. The Balaban J connectivity index is 1.79. The van der Waals surface area contributed by atoms with Crippen molar-refractivity contribution in [3.05, 3.63) is 52.0 Å². The maximum atomic E-state index is 12.0. The molecule has 1 aliphatic rings. The molecule has 0 aliphatic heterocycles. The Labute approximate surface area is 138 Å². The van der Waals surface area contributed by atoms with E-state index in [9.17, 15) is 4.79 Å². The number of hydrogen-bond donors (Lipinski definition) is 3. The maximum Gasteiger partial charge on any atom is 0.251 e. The number of hydrogen-bond acceptors (Lipinski definition) is 3. The molecule has 0 unspecified atom stereocenters. The summed E-state index contributed by atoms with van der Waals surface area (Å²) in [6, 6.07) is 10.8. The third-order valence-electron chi connectivity index (χ3n) is 3.45. The number of carbonyl (C=O) groups excluding carboxylic acids is 1. The van der Waals surface area contributed by atoms with E-state index in [-0.39, 0.29) is 5.91 Å². The summed E-state index contributed by atoms with van der Waals surface area (Å²) in [5, 5.41) is 6.95. The van der Waals surface area contributed by atoms with Gasteiger partial charge in [0.15, 0.2) is 0 Å². The molecule has 1 aliphatic carbocycles. The second-order valence-electron chi connectivity index (χ2n) is 5.28. The van der Waals surface area contributed by atoms with Crippen molar-refractivity contribution in [1.29, 1.82) is 0 Å². The number of nitrogens with one attached hydrogen (secondary N) is 2. The van der Waals surface area contributed by atoms with Gasteiger partial charge >= 0.3 is 0 Å². The highest BCUT2D eigenvalue weighted by molar-refractivity contribution is 6.43. The predicted octanol–water partition coefficient (Wildman–Crippen LogP) is 4.21. The lowest BCUT2D eigenvalue weighted by molar-refractivity contribution is 0.0951. The van der Waals surface area contributed by atoms with E-state index >= 15 is 0 Å². The van der Waals surface area contributed by atoms with Gasteiger partial charge in [0.2, 0.25) is 0 Å². The average molecular weight is 336 g/mol. The lowest BCUT2D eigenvalue weighted by atomic mass is 10.1. The second kappa shape index (κ2) is 6.07. The van der Waals surface area contributed by atoms with Crippen LogP contribution in [0.3, 0.4) is 0 Å². The zero-order valence-electron chi connectivity index (χ0n) is 11.7. The fraction of sp³-hybridized carbons (Fsp3) is 0.188. The molecular weight excluding hydrogens is 321 g/mol. The molecule has 0 saturated heterocycles. The van der Waals surface area contributed by atoms with Gasteiger partial charge in [-0.25, -0.2) is 0 Å². The highest BCUT2D eigenvalue weighted by Gasteiger charge is 2.24. The fourth-order valence-electron chi connectivity index (χ4n) is 2.06. The summed E-state index contributed by atoms with van der Waals surface area (Å²) in [4.78, 5) is 12.0. The number of benzene rings is 2. The van der Waals surface area contributed by atoms with Crippen molar-refractivity contribution in [3.8, 4) is 0 Å². The minimum Gasteiger partial charge on any atom is -0.397 e. The third-order valence-corrected chi connectivity index (χ3v) is 4.27. The highest BCUT2D eigenvalue weighted by atomic mass is 35.5. The van der Waals surface area contributed by atoms with Crippen LogP contribution in [0.1, 0.15) is 23.2 Å². The van der Waals surface area contributed by atoms with Crippen molar-refractivity contribution >= 4 is 46.2 Å². The number of rotatable bonds is 4. The lowest BCUT2D eigenvalue weighted by Gasteiger charge is -2.13. The summed E-state index contributed by atoms with van der Waals surface area (Å²) in [6.07, 6.45) is 2.10. The summed E-state index contributed by atoms with van der Waals surface area (Å²) in [5.74, 6) is -0.0958. The molecule has 0 heterocycles. The Morgan fingerprint density at radius 3 is 2.59 bits per heavy atom. The van der Waals surface area contributed by atoms with Crippen LogP contribution in [0.4, 0.5) is 17.1 Å². The van der Waals surface area contributed by atoms with Gasteiger partial charge in [0.1, 0.15) is 0 Å². The number of carbonyl (C=O) groups is 1. The van der Waals surface area contributed by atoms with Gasteiger partial charge in [0, 0.05) is 11.6 Å². The van der Waals surface area contributed by atoms with Crippen molar-refractivity contribution < 1.29 is 4.79 Å². The Hall–Kier alpha value is -1.91. The molecule has 2 aromatic rings. The molecule has 0 aromatic heterocycles. The van der Waals surface area contributed by atoms with Gasteiger partial charge in [0.05, 0.1) is 27.1 Å². The molecule has 1 fully saturated rings. The molecule has 1 amide bonds. The standard InChI is InChI=1S/C16H15Cl2N3O/c17-11-2-1-3-14(15(11)18)21-13-7-4-9(8-12(13)19)16(22)20-10-5-6-10/h1-4,7-8,10,21H,5-6,19H2,(H,20,22). The molecule has 3 rings (SSSR count). The van der Waals surface area contributed by atoms with E-state index in [1.807, 2.05) is 0 Å². The van der Waals surface area contributed by atoms with Crippen LogP contribution >= 0.6 is 23.2 Å². The first-order chi connectivity index (χ1) is 10.5. The van der Waals surface area contributed by atoms with Gasteiger partial charge in [-0.15, -0.1) is 0 Å². The van der Waals surface area contributed by atoms with Crippen molar-refractivity contribution in [2.45, 2.75) is 18.9 Å². The van der Waals surface area contributed by atoms with E-state index in [0.717, 1.165) is 12.8 Å². The van der Waals surface area contributed by atoms with Gasteiger partial charge in [0.25, 0.3) is 5.91 Å². The van der Waals surface area contributed by atoms with Crippen LogP contribution in [-0.4, -0.2) is 11.9 Å². The summed E-state index contributed by atoms with van der Waals surface area (Å²) < 4.78 is 0. The maximum absolute atomic E-state index is 12.0. The zero-order valence-corrected chi connectivity index (χ0v) is 13.2. The molecule has 6 heteroatoms. The molecule has 0 spiro atoms. The monoisotopic (exact) mass is 335 g/mol. The minimum atomic E-state index is -0.0958. The summed E-state index contributed by atoms with van der Waals surface area (Å²) in [6.45, 7) is 0.